The molecule has 1 saturated heterocycles. The molecule has 1 amide bonds. The standard InChI is InChI=1S/C14H20ClN3O2/c1-3-16-12-7-6-10(15)13(18-12)14(19)17-9(2)11-5-4-8-20-11/h6-7,9,11H,3-5,8H2,1-2H3,(H,16,18)(H,17,19). The van der Waals surface area contributed by atoms with Crippen LogP contribution < -0.4 is 10.6 Å². The number of pyridine rings is 1. The maximum Gasteiger partial charge on any atom is 0.271 e. The highest BCUT2D eigenvalue weighted by Gasteiger charge is 2.25. The van der Waals surface area contributed by atoms with Gasteiger partial charge in [-0.25, -0.2) is 4.98 Å². The lowest BCUT2D eigenvalue weighted by Gasteiger charge is -2.20. The van der Waals surface area contributed by atoms with Crippen molar-refractivity contribution in [3.8, 4) is 0 Å². The summed E-state index contributed by atoms with van der Waals surface area (Å²) in [6.07, 6.45) is 2.09. The highest BCUT2D eigenvalue weighted by atomic mass is 35.5. The molecular weight excluding hydrogens is 278 g/mol. The zero-order valence-corrected chi connectivity index (χ0v) is 12.5. The van der Waals surface area contributed by atoms with Crippen molar-refractivity contribution in [2.45, 2.75) is 38.8 Å². The molecule has 2 N–H and O–H groups in total. The molecule has 2 unspecified atom stereocenters. The summed E-state index contributed by atoms with van der Waals surface area (Å²) in [6.45, 7) is 5.41. The zero-order valence-electron chi connectivity index (χ0n) is 11.8. The van der Waals surface area contributed by atoms with Crippen LogP contribution in [0.5, 0.6) is 0 Å². The molecule has 1 aliphatic heterocycles. The van der Waals surface area contributed by atoms with Crippen LogP contribution in [0, 0.1) is 0 Å². The third kappa shape index (κ3) is 3.61. The Balaban J connectivity index is 2.05. The lowest BCUT2D eigenvalue weighted by Crippen LogP contribution is -2.41. The number of nitrogens with zero attached hydrogens (tertiary/aromatic N) is 1. The number of aromatic nitrogens is 1. The molecule has 2 heterocycles. The topological polar surface area (TPSA) is 63.2 Å². The average molecular weight is 298 g/mol. The van der Waals surface area contributed by atoms with Gasteiger partial charge in [0.05, 0.1) is 17.2 Å². The van der Waals surface area contributed by atoms with E-state index in [9.17, 15) is 4.79 Å². The summed E-state index contributed by atoms with van der Waals surface area (Å²) in [6, 6.07) is 3.38. The minimum atomic E-state index is -0.266. The molecule has 2 atom stereocenters. The second-order valence-corrected chi connectivity index (χ2v) is 5.28. The van der Waals surface area contributed by atoms with Gasteiger partial charge in [-0.05, 0) is 38.8 Å². The molecule has 5 nitrogen and oxygen atoms in total. The number of amides is 1. The number of ether oxygens (including phenoxy) is 1. The molecule has 110 valence electrons. The molecule has 1 fully saturated rings. The smallest absolute Gasteiger partial charge is 0.271 e. The number of carbonyl (C=O) groups is 1. The highest BCUT2D eigenvalue weighted by Crippen LogP contribution is 2.19. The summed E-state index contributed by atoms with van der Waals surface area (Å²) >= 11 is 6.05. The second kappa shape index (κ2) is 6.90. The van der Waals surface area contributed by atoms with Gasteiger partial charge in [-0.3, -0.25) is 4.79 Å². The first kappa shape index (κ1) is 15.1. The van der Waals surface area contributed by atoms with Crippen LogP contribution in [0.2, 0.25) is 5.02 Å². The van der Waals surface area contributed by atoms with Gasteiger partial charge in [-0.1, -0.05) is 11.6 Å². The van der Waals surface area contributed by atoms with Gasteiger partial charge < -0.3 is 15.4 Å². The number of hydrogen-bond donors (Lipinski definition) is 2. The van der Waals surface area contributed by atoms with Gasteiger partial charge in [0.2, 0.25) is 0 Å². The van der Waals surface area contributed by atoms with Crippen LogP contribution in [-0.4, -0.2) is 36.2 Å². The van der Waals surface area contributed by atoms with Crippen molar-refractivity contribution in [2.24, 2.45) is 0 Å². The predicted octanol–water partition coefficient (Wildman–Crippen LogP) is 2.46. The Morgan fingerprint density at radius 3 is 3.05 bits per heavy atom. The molecule has 1 aromatic heterocycles. The molecule has 1 aromatic rings. The molecule has 0 aromatic carbocycles. The van der Waals surface area contributed by atoms with E-state index in [1.807, 2.05) is 13.8 Å². The van der Waals surface area contributed by atoms with Crippen LogP contribution >= 0.6 is 11.6 Å². The van der Waals surface area contributed by atoms with E-state index in [1.165, 1.54) is 0 Å². The first-order valence-electron chi connectivity index (χ1n) is 6.94. The Bertz CT molecular complexity index is 475. The normalized spacial score (nSPS) is 19.6. The SMILES string of the molecule is CCNc1ccc(Cl)c(C(=O)NC(C)C2CCCO2)n1. The number of hydrogen-bond acceptors (Lipinski definition) is 4. The Labute approximate surface area is 124 Å². The van der Waals surface area contributed by atoms with Crippen molar-refractivity contribution in [3.05, 3.63) is 22.8 Å². The minimum Gasteiger partial charge on any atom is -0.376 e. The number of carbonyl (C=O) groups excluding carboxylic acids is 1. The molecule has 2 rings (SSSR count). The van der Waals surface area contributed by atoms with Crippen LogP contribution in [0.1, 0.15) is 37.2 Å². The van der Waals surface area contributed by atoms with Crippen LogP contribution in [0.15, 0.2) is 12.1 Å². The average Bonchev–Trinajstić information content (AvgIpc) is 2.95. The summed E-state index contributed by atoms with van der Waals surface area (Å²) in [5.41, 5.74) is 0.245. The molecule has 0 aliphatic carbocycles. The van der Waals surface area contributed by atoms with Gasteiger partial charge in [-0.2, -0.15) is 0 Å². The molecule has 6 heteroatoms. The van der Waals surface area contributed by atoms with E-state index in [1.54, 1.807) is 12.1 Å². The first-order chi connectivity index (χ1) is 9.61. The van der Waals surface area contributed by atoms with E-state index in [-0.39, 0.29) is 23.7 Å². The fourth-order valence-corrected chi connectivity index (χ4v) is 2.44. The van der Waals surface area contributed by atoms with Crippen molar-refractivity contribution in [2.75, 3.05) is 18.5 Å². The summed E-state index contributed by atoms with van der Waals surface area (Å²) < 4.78 is 5.56. The van der Waals surface area contributed by atoms with Crippen LogP contribution in [0.25, 0.3) is 0 Å². The van der Waals surface area contributed by atoms with Crippen molar-refractivity contribution in [3.63, 3.8) is 0 Å². The predicted molar refractivity (Wildman–Crippen MR) is 79.3 cm³/mol. The van der Waals surface area contributed by atoms with Gasteiger partial charge in [0.25, 0.3) is 5.91 Å². The minimum absolute atomic E-state index is 0.0503. The van der Waals surface area contributed by atoms with Gasteiger partial charge in [-0.15, -0.1) is 0 Å². The van der Waals surface area contributed by atoms with Gasteiger partial charge >= 0.3 is 0 Å². The van der Waals surface area contributed by atoms with Crippen LogP contribution in [-0.2, 0) is 4.74 Å². The van der Waals surface area contributed by atoms with Crippen molar-refractivity contribution in [1.29, 1.82) is 0 Å². The van der Waals surface area contributed by atoms with Gasteiger partial charge in [0.15, 0.2) is 0 Å². The van der Waals surface area contributed by atoms with E-state index in [4.69, 9.17) is 16.3 Å². The van der Waals surface area contributed by atoms with Crippen LogP contribution in [0.3, 0.4) is 0 Å². The molecule has 1 aliphatic rings. The van der Waals surface area contributed by atoms with E-state index < -0.39 is 0 Å². The highest BCUT2D eigenvalue weighted by molar-refractivity contribution is 6.33. The summed E-state index contributed by atoms with van der Waals surface area (Å²) in [5, 5.41) is 6.32. The molecule has 0 spiro atoms. The summed E-state index contributed by atoms with van der Waals surface area (Å²) in [5.74, 6) is 0.379. The van der Waals surface area contributed by atoms with Crippen LogP contribution in [0.4, 0.5) is 5.82 Å². The number of anilines is 1. The molecular formula is C14H20ClN3O2. The zero-order chi connectivity index (χ0) is 14.5. The summed E-state index contributed by atoms with van der Waals surface area (Å²) in [7, 11) is 0. The Morgan fingerprint density at radius 2 is 2.40 bits per heavy atom. The molecule has 0 bridgehead atoms. The summed E-state index contributed by atoms with van der Waals surface area (Å²) in [4.78, 5) is 16.5. The monoisotopic (exact) mass is 297 g/mol. The van der Waals surface area contributed by atoms with E-state index in [0.29, 0.717) is 10.8 Å². The first-order valence-corrected chi connectivity index (χ1v) is 7.32. The van der Waals surface area contributed by atoms with Gasteiger partial charge in [0, 0.05) is 13.2 Å². The quantitative estimate of drug-likeness (QED) is 0.876. The Hall–Kier alpha value is -1.33. The largest absolute Gasteiger partial charge is 0.376 e. The second-order valence-electron chi connectivity index (χ2n) is 4.87. The molecule has 0 radical (unpaired) electrons. The number of nitrogens with one attached hydrogen (secondary N) is 2. The maximum absolute atomic E-state index is 12.2. The van der Waals surface area contributed by atoms with E-state index >= 15 is 0 Å². The Kier molecular flexibility index (Phi) is 5.20. The van der Waals surface area contributed by atoms with E-state index in [0.717, 1.165) is 26.0 Å². The number of rotatable bonds is 5. The Morgan fingerprint density at radius 1 is 1.60 bits per heavy atom. The lowest BCUT2D eigenvalue weighted by atomic mass is 10.1. The van der Waals surface area contributed by atoms with Crippen molar-refractivity contribution in [1.82, 2.24) is 10.3 Å². The number of halogens is 1. The lowest BCUT2D eigenvalue weighted by molar-refractivity contribution is 0.0709. The van der Waals surface area contributed by atoms with Gasteiger partial charge in [0.1, 0.15) is 11.5 Å². The molecule has 0 saturated carbocycles. The fourth-order valence-electron chi connectivity index (χ4n) is 2.25. The van der Waals surface area contributed by atoms with Crippen molar-refractivity contribution < 1.29 is 9.53 Å². The van der Waals surface area contributed by atoms with E-state index in [2.05, 4.69) is 15.6 Å². The maximum atomic E-state index is 12.2. The molecule has 20 heavy (non-hydrogen) atoms. The third-order valence-corrected chi connectivity index (χ3v) is 3.61. The van der Waals surface area contributed by atoms with Crippen molar-refractivity contribution >= 4 is 23.3 Å². The third-order valence-electron chi connectivity index (χ3n) is 3.30. The fraction of sp³-hybridized carbons (Fsp3) is 0.571.